The highest BCUT2D eigenvalue weighted by Gasteiger charge is 2.11. The Labute approximate surface area is 156 Å². The molecule has 4 nitrogen and oxygen atoms in total. The Bertz CT molecular complexity index is 836. The fourth-order valence-corrected chi connectivity index (χ4v) is 3.42. The fourth-order valence-electron chi connectivity index (χ4n) is 2.81. The lowest BCUT2D eigenvalue weighted by Crippen LogP contribution is -2.16. The molecule has 0 saturated heterocycles. The minimum absolute atomic E-state index is 0.0222. The molecule has 2 aromatic heterocycles. The van der Waals surface area contributed by atoms with Crippen molar-refractivity contribution in [2.45, 2.75) is 19.4 Å². The molecule has 0 radical (unpaired) electrons. The average molecular weight is 397 g/mol. The van der Waals surface area contributed by atoms with E-state index in [1.165, 1.54) is 11.1 Å². The van der Waals surface area contributed by atoms with Gasteiger partial charge in [0.05, 0.1) is 15.9 Å². The lowest BCUT2D eigenvalue weighted by molar-refractivity contribution is 0.671. The van der Waals surface area contributed by atoms with Crippen LogP contribution in [0.5, 0.6) is 0 Å². The van der Waals surface area contributed by atoms with Gasteiger partial charge in [0.25, 0.3) is 0 Å². The van der Waals surface area contributed by atoms with Gasteiger partial charge in [-0.15, -0.1) is 0 Å². The average Bonchev–Trinajstić information content (AvgIpc) is 2.64. The summed E-state index contributed by atoms with van der Waals surface area (Å²) >= 11 is 3.67. The first kappa shape index (κ1) is 17.6. The molecule has 3 N–H and O–H groups in total. The van der Waals surface area contributed by atoms with E-state index in [1.807, 2.05) is 36.5 Å². The van der Waals surface area contributed by atoms with Crippen molar-refractivity contribution in [3.8, 4) is 11.3 Å². The predicted molar refractivity (Wildman–Crippen MR) is 106 cm³/mol. The molecule has 0 aliphatic heterocycles. The van der Waals surface area contributed by atoms with E-state index in [4.69, 9.17) is 5.73 Å². The molecule has 1 aromatic carbocycles. The Morgan fingerprint density at radius 2 is 1.84 bits per heavy atom. The summed E-state index contributed by atoms with van der Waals surface area (Å²) in [7, 11) is 0. The van der Waals surface area contributed by atoms with Crippen molar-refractivity contribution in [2.75, 3.05) is 11.9 Å². The number of nitrogens with one attached hydrogen (secondary N) is 1. The van der Waals surface area contributed by atoms with Crippen LogP contribution in [-0.4, -0.2) is 16.5 Å². The van der Waals surface area contributed by atoms with Crippen LogP contribution in [0.25, 0.3) is 11.3 Å². The molecule has 128 valence electrons. The molecule has 3 aromatic rings. The van der Waals surface area contributed by atoms with Crippen LogP contribution in [0.3, 0.4) is 0 Å². The molecule has 0 amide bonds. The molecular weight excluding hydrogens is 376 g/mol. The maximum Gasteiger partial charge on any atom is 0.0866 e. The summed E-state index contributed by atoms with van der Waals surface area (Å²) in [6.45, 7) is 2.89. The van der Waals surface area contributed by atoms with E-state index in [2.05, 4.69) is 50.3 Å². The molecule has 0 aliphatic rings. The van der Waals surface area contributed by atoms with Crippen LogP contribution in [0.2, 0.25) is 0 Å². The van der Waals surface area contributed by atoms with Crippen molar-refractivity contribution in [3.05, 3.63) is 76.7 Å². The number of halogens is 1. The largest absolute Gasteiger partial charge is 0.384 e. The van der Waals surface area contributed by atoms with Gasteiger partial charge in [0.1, 0.15) is 0 Å². The van der Waals surface area contributed by atoms with Crippen molar-refractivity contribution >= 4 is 21.6 Å². The number of hydrogen-bond donors (Lipinski definition) is 2. The molecular formula is C20H21BrN4. The number of anilines is 1. The zero-order valence-corrected chi connectivity index (χ0v) is 15.7. The lowest BCUT2D eigenvalue weighted by Gasteiger charge is -2.16. The van der Waals surface area contributed by atoms with E-state index >= 15 is 0 Å². The van der Waals surface area contributed by atoms with Gasteiger partial charge < -0.3 is 11.1 Å². The molecule has 3 rings (SSSR count). The molecule has 0 spiro atoms. The first-order valence-electron chi connectivity index (χ1n) is 8.26. The number of hydrogen-bond acceptors (Lipinski definition) is 4. The summed E-state index contributed by atoms with van der Waals surface area (Å²) in [5.74, 6) is 0. The van der Waals surface area contributed by atoms with Crippen LogP contribution >= 0.6 is 15.9 Å². The van der Waals surface area contributed by atoms with Gasteiger partial charge in [-0.05, 0) is 58.6 Å². The summed E-state index contributed by atoms with van der Waals surface area (Å²) in [4.78, 5) is 8.53. The zero-order chi connectivity index (χ0) is 17.6. The molecule has 0 unspecified atom stereocenters. The fraction of sp³-hybridized carbons (Fsp3) is 0.200. The van der Waals surface area contributed by atoms with Crippen LogP contribution in [-0.2, 0) is 0 Å². The number of aryl methyl sites for hydroxylation is 1. The number of aromatic nitrogens is 2. The minimum atomic E-state index is 0.0222. The highest BCUT2D eigenvalue weighted by Crippen LogP contribution is 2.32. The van der Waals surface area contributed by atoms with Gasteiger partial charge in [-0.1, -0.05) is 24.3 Å². The third-order valence-electron chi connectivity index (χ3n) is 4.20. The molecule has 0 fully saturated rings. The first-order chi connectivity index (χ1) is 12.2. The second-order valence-corrected chi connectivity index (χ2v) is 6.73. The van der Waals surface area contributed by atoms with Gasteiger partial charge >= 0.3 is 0 Å². The van der Waals surface area contributed by atoms with Crippen molar-refractivity contribution in [1.82, 2.24) is 9.97 Å². The van der Waals surface area contributed by atoms with E-state index < -0.39 is 0 Å². The van der Waals surface area contributed by atoms with Crippen LogP contribution in [0.1, 0.15) is 23.6 Å². The molecule has 0 aliphatic carbocycles. The van der Waals surface area contributed by atoms with Gasteiger partial charge in [0.15, 0.2) is 0 Å². The second kappa shape index (κ2) is 8.23. The quantitative estimate of drug-likeness (QED) is 0.632. The predicted octanol–water partition coefficient (Wildman–Crippen LogP) is 4.72. The number of benzene rings is 1. The normalized spacial score (nSPS) is 12.0. The molecule has 0 saturated carbocycles. The Morgan fingerprint density at radius 1 is 1.08 bits per heavy atom. The SMILES string of the molecule is Cc1ccccc1[C@H](N)CCNc1ccnc(-c2ccncc2)c1Br. The Hall–Kier alpha value is -2.24. The molecule has 1 atom stereocenters. The van der Waals surface area contributed by atoms with Gasteiger partial charge in [0.2, 0.25) is 0 Å². The van der Waals surface area contributed by atoms with Crippen LogP contribution in [0.4, 0.5) is 5.69 Å². The van der Waals surface area contributed by atoms with Gasteiger partial charge in [0, 0.05) is 36.7 Å². The molecule has 5 heteroatoms. The molecule has 2 heterocycles. The number of nitrogens with two attached hydrogens (primary N) is 1. The maximum atomic E-state index is 6.35. The molecule has 0 bridgehead atoms. The van der Waals surface area contributed by atoms with Crippen molar-refractivity contribution in [1.29, 1.82) is 0 Å². The Balaban J connectivity index is 1.67. The zero-order valence-electron chi connectivity index (χ0n) is 14.1. The first-order valence-corrected chi connectivity index (χ1v) is 9.06. The summed E-state index contributed by atoms with van der Waals surface area (Å²) in [5.41, 5.74) is 11.7. The number of rotatable bonds is 6. The third-order valence-corrected chi connectivity index (χ3v) is 5.00. The summed E-state index contributed by atoms with van der Waals surface area (Å²) in [6, 6.07) is 14.2. The maximum absolute atomic E-state index is 6.35. The van der Waals surface area contributed by atoms with Gasteiger partial charge in [-0.2, -0.15) is 0 Å². The van der Waals surface area contributed by atoms with E-state index in [0.717, 1.165) is 34.4 Å². The van der Waals surface area contributed by atoms with E-state index in [9.17, 15) is 0 Å². The molecule has 25 heavy (non-hydrogen) atoms. The highest BCUT2D eigenvalue weighted by atomic mass is 79.9. The Morgan fingerprint density at radius 3 is 2.60 bits per heavy atom. The summed E-state index contributed by atoms with van der Waals surface area (Å²) in [6.07, 6.45) is 6.20. The highest BCUT2D eigenvalue weighted by molar-refractivity contribution is 9.10. The Kier molecular flexibility index (Phi) is 5.79. The topological polar surface area (TPSA) is 63.8 Å². The van der Waals surface area contributed by atoms with Crippen molar-refractivity contribution in [3.63, 3.8) is 0 Å². The van der Waals surface area contributed by atoms with Crippen LogP contribution in [0, 0.1) is 6.92 Å². The second-order valence-electron chi connectivity index (χ2n) is 5.94. The summed E-state index contributed by atoms with van der Waals surface area (Å²) < 4.78 is 0.950. The van der Waals surface area contributed by atoms with Crippen molar-refractivity contribution < 1.29 is 0 Å². The number of pyridine rings is 2. The van der Waals surface area contributed by atoms with Crippen LogP contribution in [0.15, 0.2) is 65.5 Å². The van der Waals surface area contributed by atoms with Gasteiger partial charge in [-0.25, -0.2) is 0 Å². The van der Waals surface area contributed by atoms with Crippen molar-refractivity contribution in [2.24, 2.45) is 5.73 Å². The number of nitrogens with zero attached hydrogens (tertiary/aromatic N) is 2. The van der Waals surface area contributed by atoms with Crippen LogP contribution < -0.4 is 11.1 Å². The summed E-state index contributed by atoms with van der Waals surface area (Å²) in [5, 5.41) is 3.46. The third kappa shape index (κ3) is 4.24. The lowest BCUT2D eigenvalue weighted by atomic mass is 10.00. The standard InChI is InChI=1S/C20H21BrN4/c1-14-4-2-3-5-16(14)17(22)8-12-24-18-9-13-25-20(19(18)21)15-6-10-23-11-7-15/h2-7,9-11,13,17H,8,12,22H2,1H3,(H,24,25)/t17-/m1/s1. The minimum Gasteiger partial charge on any atom is -0.384 e. The van der Waals surface area contributed by atoms with E-state index in [0.29, 0.717) is 0 Å². The monoisotopic (exact) mass is 396 g/mol. The van der Waals surface area contributed by atoms with E-state index in [1.54, 1.807) is 12.4 Å². The smallest absolute Gasteiger partial charge is 0.0866 e. The van der Waals surface area contributed by atoms with Gasteiger partial charge in [-0.3, -0.25) is 9.97 Å². The van der Waals surface area contributed by atoms with E-state index in [-0.39, 0.29) is 6.04 Å².